The van der Waals surface area contributed by atoms with Crippen LogP contribution in [0.25, 0.3) is 0 Å². The minimum absolute atomic E-state index is 0.217. The maximum absolute atomic E-state index is 5.88. The summed E-state index contributed by atoms with van der Waals surface area (Å²) in [7, 11) is 0. The zero-order valence-corrected chi connectivity index (χ0v) is 12.6. The lowest BCUT2D eigenvalue weighted by molar-refractivity contribution is 0.0504. The lowest BCUT2D eigenvalue weighted by Gasteiger charge is -2.32. The number of nitrogens with one attached hydrogen (secondary N) is 1. The van der Waals surface area contributed by atoms with Crippen molar-refractivity contribution < 1.29 is 4.74 Å². The summed E-state index contributed by atoms with van der Waals surface area (Å²) in [5.74, 6) is 0. The predicted molar refractivity (Wildman–Crippen MR) is 77.0 cm³/mol. The lowest BCUT2D eigenvalue weighted by Crippen LogP contribution is -2.46. The van der Waals surface area contributed by atoms with E-state index in [-0.39, 0.29) is 5.41 Å². The van der Waals surface area contributed by atoms with Crippen LogP contribution < -0.4 is 5.32 Å². The van der Waals surface area contributed by atoms with Crippen LogP contribution in [0.15, 0.2) is 18.7 Å². The fraction of sp³-hybridized carbons (Fsp3) is 0.800. The molecule has 2 rings (SSSR count). The van der Waals surface area contributed by atoms with E-state index < -0.39 is 0 Å². The Morgan fingerprint density at radius 3 is 2.74 bits per heavy atom. The first-order valence-electron chi connectivity index (χ1n) is 7.30. The van der Waals surface area contributed by atoms with E-state index in [1.807, 2.05) is 18.7 Å². The van der Waals surface area contributed by atoms with E-state index in [0.717, 1.165) is 13.1 Å². The molecule has 1 aromatic heterocycles. The van der Waals surface area contributed by atoms with Crippen molar-refractivity contribution in [2.45, 2.75) is 65.3 Å². The van der Waals surface area contributed by atoms with Gasteiger partial charge in [-0.2, -0.15) is 0 Å². The van der Waals surface area contributed by atoms with Crippen LogP contribution in [0.1, 0.15) is 40.5 Å². The third-order valence-electron chi connectivity index (χ3n) is 3.91. The van der Waals surface area contributed by atoms with Crippen molar-refractivity contribution in [1.82, 2.24) is 14.9 Å². The first-order chi connectivity index (χ1) is 8.95. The standard InChI is InChI=1S/C15H27N3O/c1-12-5-6-13(19-12)9-17-14(15(2,3)4)10-18-8-7-16-11-18/h7-8,11-14,17H,5-6,9-10H2,1-4H3. The predicted octanol–water partition coefficient (Wildman–Crippen LogP) is 2.45. The summed E-state index contributed by atoms with van der Waals surface area (Å²) in [5.41, 5.74) is 0.217. The lowest BCUT2D eigenvalue weighted by atomic mass is 9.86. The van der Waals surface area contributed by atoms with Crippen molar-refractivity contribution in [1.29, 1.82) is 0 Å². The summed E-state index contributed by atoms with van der Waals surface area (Å²) in [6, 6.07) is 0.418. The van der Waals surface area contributed by atoms with Gasteiger partial charge in [0.15, 0.2) is 0 Å². The second-order valence-corrected chi connectivity index (χ2v) is 6.73. The quantitative estimate of drug-likeness (QED) is 0.889. The zero-order valence-electron chi connectivity index (χ0n) is 12.6. The van der Waals surface area contributed by atoms with Crippen LogP contribution in [0.2, 0.25) is 0 Å². The fourth-order valence-electron chi connectivity index (χ4n) is 2.56. The molecule has 0 bridgehead atoms. The van der Waals surface area contributed by atoms with E-state index >= 15 is 0 Å². The molecule has 1 aromatic rings. The van der Waals surface area contributed by atoms with Gasteiger partial charge in [0.25, 0.3) is 0 Å². The van der Waals surface area contributed by atoms with Crippen molar-refractivity contribution in [3.63, 3.8) is 0 Å². The van der Waals surface area contributed by atoms with Crippen LogP contribution in [0, 0.1) is 5.41 Å². The molecule has 1 saturated heterocycles. The molecular weight excluding hydrogens is 238 g/mol. The van der Waals surface area contributed by atoms with Crippen LogP contribution in [-0.4, -0.2) is 34.3 Å². The Balaban J connectivity index is 1.87. The van der Waals surface area contributed by atoms with E-state index in [1.54, 1.807) is 0 Å². The number of ether oxygens (including phenoxy) is 1. The van der Waals surface area contributed by atoms with Gasteiger partial charge in [0.1, 0.15) is 0 Å². The van der Waals surface area contributed by atoms with Gasteiger partial charge in [-0.15, -0.1) is 0 Å². The van der Waals surface area contributed by atoms with Crippen LogP contribution >= 0.6 is 0 Å². The minimum atomic E-state index is 0.217. The number of nitrogens with zero attached hydrogens (tertiary/aromatic N) is 2. The summed E-state index contributed by atoms with van der Waals surface area (Å²) >= 11 is 0. The number of imidazole rings is 1. The van der Waals surface area contributed by atoms with E-state index in [0.29, 0.717) is 18.2 Å². The third kappa shape index (κ3) is 4.32. The van der Waals surface area contributed by atoms with Gasteiger partial charge in [-0.1, -0.05) is 20.8 Å². The van der Waals surface area contributed by atoms with E-state index in [1.165, 1.54) is 12.8 Å². The molecule has 3 atom stereocenters. The maximum Gasteiger partial charge on any atom is 0.0946 e. The number of aromatic nitrogens is 2. The van der Waals surface area contributed by atoms with Crippen LogP contribution in [0.3, 0.4) is 0 Å². The molecule has 19 heavy (non-hydrogen) atoms. The molecule has 1 aliphatic heterocycles. The Morgan fingerprint density at radius 2 is 2.21 bits per heavy atom. The van der Waals surface area contributed by atoms with Gasteiger partial charge in [-0.25, -0.2) is 4.98 Å². The van der Waals surface area contributed by atoms with Gasteiger partial charge in [0, 0.05) is 31.5 Å². The van der Waals surface area contributed by atoms with E-state index in [9.17, 15) is 0 Å². The van der Waals surface area contributed by atoms with E-state index in [4.69, 9.17) is 4.74 Å². The van der Waals surface area contributed by atoms with Gasteiger partial charge in [-0.3, -0.25) is 0 Å². The summed E-state index contributed by atoms with van der Waals surface area (Å²) in [4.78, 5) is 4.12. The Bertz CT molecular complexity index is 369. The zero-order chi connectivity index (χ0) is 13.9. The minimum Gasteiger partial charge on any atom is -0.374 e. The second kappa shape index (κ2) is 6.06. The molecular formula is C15H27N3O. The van der Waals surface area contributed by atoms with Crippen LogP contribution in [0.5, 0.6) is 0 Å². The average molecular weight is 265 g/mol. The molecule has 4 heteroatoms. The summed E-state index contributed by atoms with van der Waals surface area (Å²) in [6.07, 6.45) is 8.91. The molecule has 1 fully saturated rings. The normalized spacial score (nSPS) is 25.7. The van der Waals surface area contributed by atoms with Crippen molar-refractivity contribution in [3.05, 3.63) is 18.7 Å². The van der Waals surface area contributed by atoms with Gasteiger partial charge >= 0.3 is 0 Å². The molecule has 0 aromatic carbocycles. The SMILES string of the molecule is CC1CCC(CNC(Cn2ccnc2)C(C)(C)C)O1. The first-order valence-corrected chi connectivity index (χ1v) is 7.30. The molecule has 0 spiro atoms. The van der Waals surface area contributed by atoms with Gasteiger partial charge in [0.05, 0.1) is 18.5 Å². The van der Waals surface area contributed by atoms with Crippen molar-refractivity contribution in [2.24, 2.45) is 5.41 Å². The second-order valence-electron chi connectivity index (χ2n) is 6.73. The fourth-order valence-corrected chi connectivity index (χ4v) is 2.56. The van der Waals surface area contributed by atoms with Gasteiger partial charge < -0.3 is 14.6 Å². The monoisotopic (exact) mass is 265 g/mol. The van der Waals surface area contributed by atoms with E-state index in [2.05, 4.69) is 42.6 Å². The molecule has 0 radical (unpaired) electrons. The number of hydrogen-bond donors (Lipinski definition) is 1. The molecule has 1 N–H and O–H groups in total. The number of hydrogen-bond acceptors (Lipinski definition) is 3. The summed E-state index contributed by atoms with van der Waals surface area (Å²) < 4.78 is 8.02. The molecule has 0 amide bonds. The Hall–Kier alpha value is -0.870. The molecule has 1 aliphatic rings. The van der Waals surface area contributed by atoms with Crippen LogP contribution in [-0.2, 0) is 11.3 Å². The van der Waals surface area contributed by atoms with Crippen LogP contribution in [0.4, 0.5) is 0 Å². The van der Waals surface area contributed by atoms with Crippen molar-refractivity contribution in [3.8, 4) is 0 Å². The highest BCUT2D eigenvalue weighted by molar-refractivity contribution is 4.86. The van der Waals surface area contributed by atoms with Crippen molar-refractivity contribution in [2.75, 3.05) is 6.54 Å². The molecule has 0 saturated carbocycles. The molecule has 0 aliphatic carbocycles. The maximum atomic E-state index is 5.88. The smallest absolute Gasteiger partial charge is 0.0946 e. The first kappa shape index (κ1) is 14.5. The van der Waals surface area contributed by atoms with Gasteiger partial charge in [0.2, 0.25) is 0 Å². The largest absolute Gasteiger partial charge is 0.374 e. The highest BCUT2D eigenvalue weighted by Crippen LogP contribution is 2.23. The van der Waals surface area contributed by atoms with Gasteiger partial charge in [-0.05, 0) is 25.2 Å². The number of rotatable bonds is 5. The molecule has 4 nitrogen and oxygen atoms in total. The van der Waals surface area contributed by atoms with Crippen molar-refractivity contribution >= 4 is 0 Å². The average Bonchev–Trinajstić information content (AvgIpc) is 2.94. The Morgan fingerprint density at radius 1 is 1.42 bits per heavy atom. The molecule has 3 unspecified atom stereocenters. The topological polar surface area (TPSA) is 39.1 Å². The summed E-state index contributed by atoms with van der Waals surface area (Å²) in [6.45, 7) is 10.9. The highest BCUT2D eigenvalue weighted by Gasteiger charge is 2.27. The molecule has 2 heterocycles. The Kier molecular flexibility index (Phi) is 4.63. The molecule has 108 valence electrons. The Labute approximate surface area is 116 Å². The third-order valence-corrected chi connectivity index (χ3v) is 3.91. The highest BCUT2D eigenvalue weighted by atomic mass is 16.5. The summed E-state index contributed by atoms with van der Waals surface area (Å²) in [5, 5.41) is 3.69.